The lowest BCUT2D eigenvalue weighted by molar-refractivity contribution is 0.358. The van der Waals surface area contributed by atoms with Crippen LogP contribution in [0.3, 0.4) is 0 Å². The lowest BCUT2D eigenvalue weighted by atomic mass is 10.4. The Kier molecular flexibility index (Phi) is 2.55. The molecule has 2 heterocycles. The fraction of sp³-hybridized carbons (Fsp3) is 0.273. The second-order valence-electron chi connectivity index (χ2n) is 3.06. The molecule has 15 heavy (non-hydrogen) atoms. The predicted molar refractivity (Wildman–Crippen MR) is 56.7 cm³/mol. The molecule has 2 aromatic heterocycles. The van der Waals surface area contributed by atoms with E-state index in [1.54, 1.807) is 23.8 Å². The van der Waals surface area contributed by atoms with Crippen LogP contribution in [-0.2, 0) is 0 Å². The summed E-state index contributed by atoms with van der Waals surface area (Å²) in [6.07, 6.45) is 3.45. The minimum Gasteiger partial charge on any atom is -0.463 e. The maximum atomic E-state index is 5.43. The van der Waals surface area contributed by atoms with Crippen molar-refractivity contribution in [3.05, 3.63) is 24.2 Å². The maximum absolute atomic E-state index is 5.43. The minimum absolute atomic E-state index is 0.355. The van der Waals surface area contributed by atoms with E-state index in [-0.39, 0.29) is 0 Å². The van der Waals surface area contributed by atoms with Gasteiger partial charge in [0.15, 0.2) is 6.61 Å². The van der Waals surface area contributed by atoms with E-state index in [1.807, 2.05) is 13.0 Å². The second kappa shape index (κ2) is 4.01. The summed E-state index contributed by atoms with van der Waals surface area (Å²) in [7, 11) is 0. The van der Waals surface area contributed by atoms with Crippen molar-refractivity contribution < 1.29 is 4.74 Å². The SMILES string of the molecule is CC#CCOc1nccn2nc(C)cc12. The zero-order valence-electron chi connectivity index (χ0n) is 8.69. The summed E-state index contributed by atoms with van der Waals surface area (Å²) in [6, 6.07) is 1.93. The van der Waals surface area contributed by atoms with Crippen LogP contribution in [0.2, 0.25) is 0 Å². The normalized spacial score (nSPS) is 9.73. The molecule has 0 atom stereocenters. The van der Waals surface area contributed by atoms with E-state index >= 15 is 0 Å². The van der Waals surface area contributed by atoms with Crippen molar-refractivity contribution in [1.29, 1.82) is 0 Å². The fourth-order valence-electron chi connectivity index (χ4n) is 1.31. The molecule has 4 heteroatoms. The van der Waals surface area contributed by atoms with Crippen LogP contribution in [0.15, 0.2) is 18.5 Å². The Hall–Kier alpha value is -2.02. The number of aromatic nitrogens is 3. The molecule has 0 spiro atoms. The molecular weight excluding hydrogens is 190 g/mol. The summed E-state index contributed by atoms with van der Waals surface area (Å²) in [5.41, 5.74) is 1.81. The molecule has 76 valence electrons. The number of hydrogen-bond acceptors (Lipinski definition) is 3. The van der Waals surface area contributed by atoms with Gasteiger partial charge in [-0.3, -0.25) is 0 Å². The van der Waals surface area contributed by atoms with Crippen LogP contribution in [0.5, 0.6) is 5.88 Å². The standard InChI is InChI=1S/C11H11N3O/c1-3-4-7-15-11-10-8-9(2)13-14(10)6-5-12-11/h5-6,8H,7H2,1-2H3. The van der Waals surface area contributed by atoms with Crippen LogP contribution < -0.4 is 4.74 Å². The van der Waals surface area contributed by atoms with E-state index in [0.29, 0.717) is 12.5 Å². The lowest BCUT2D eigenvalue weighted by Crippen LogP contribution is -1.99. The molecule has 0 aliphatic rings. The zero-order chi connectivity index (χ0) is 10.7. The van der Waals surface area contributed by atoms with E-state index in [0.717, 1.165) is 11.2 Å². The first kappa shape index (κ1) is 9.53. The van der Waals surface area contributed by atoms with Crippen LogP contribution in [0.4, 0.5) is 0 Å². The summed E-state index contributed by atoms with van der Waals surface area (Å²) in [4.78, 5) is 4.14. The van der Waals surface area contributed by atoms with Crippen LogP contribution >= 0.6 is 0 Å². The second-order valence-corrected chi connectivity index (χ2v) is 3.06. The highest BCUT2D eigenvalue weighted by Crippen LogP contribution is 2.16. The third kappa shape index (κ3) is 1.91. The molecule has 0 unspecified atom stereocenters. The van der Waals surface area contributed by atoms with Gasteiger partial charge in [-0.25, -0.2) is 9.50 Å². The summed E-state index contributed by atoms with van der Waals surface area (Å²) in [5.74, 6) is 6.16. The monoisotopic (exact) mass is 201 g/mol. The van der Waals surface area contributed by atoms with Gasteiger partial charge in [-0.15, -0.1) is 5.92 Å². The Balaban J connectivity index is 2.36. The van der Waals surface area contributed by atoms with Crippen molar-refractivity contribution in [1.82, 2.24) is 14.6 Å². The van der Waals surface area contributed by atoms with Gasteiger partial charge in [0.1, 0.15) is 5.52 Å². The molecule has 2 rings (SSSR count). The van der Waals surface area contributed by atoms with Crippen molar-refractivity contribution in [3.8, 4) is 17.7 Å². The minimum atomic E-state index is 0.355. The third-order valence-corrected chi connectivity index (χ3v) is 1.93. The molecule has 0 N–H and O–H groups in total. The van der Waals surface area contributed by atoms with Crippen LogP contribution in [0.1, 0.15) is 12.6 Å². The summed E-state index contributed by atoms with van der Waals surface area (Å²) in [5, 5.41) is 4.26. The Bertz CT molecular complexity index is 533. The molecule has 0 aliphatic heterocycles. The molecule has 0 amide bonds. The van der Waals surface area contributed by atoms with Gasteiger partial charge >= 0.3 is 0 Å². The highest BCUT2D eigenvalue weighted by Gasteiger charge is 2.05. The molecule has 0 saturated carbocycles. The summed E-state index contributed by atoms with van der Waals surface area (Å²) in [6.45, 7) is 4.07. The molecule has 0 fully saturated rings. The van der Waals surface area contributed by atoms with Crippen molar-refractivity contribution >= 4 is 5.52 Å². The molecule has 2 aromatic rings. The van der Waals surface area contributed by atoms with Gasteiger partial charge in [-0.05, 0) is 19.9 Å². The van der Waals surface area contributed by atoms with Gasteiger partial charge in [-0.1, -0.05) is 5.92 Å². The number of ether oxygens (including phenoxy) is 1. The van der Waals surface area contributed by atoms with E-state index in [9.17, 15) is 0 Å². The number of fused-ring (bicyclic) bond motifs is 1. The van der Waals surface area contributed by atoms with E-state index in [1.165, 1.54) is 0 Å². The molecule has 0 aromatic carbocycles. The molecular formula is C11H11N3O. The average molecular weight is 201 g/mol. The quantitative estimate of drug-likeness (QED) is 0.690. The maximum Gasteiger partial charge on any atom is 0.241 e. The van der Waals surface area contributed by atoms with Crippen LogP contribution in [0, 0.1) is 18.8 Å². The lowest BCUT2D eigenvalue weighted by Gasteiger charge is -2.01. The number of hydrogen-bond donors (Lipinski definition) is 0. The Labute approximate surface area is 87.9 Å². The smallest absolute Gasteiger partial charge is 0.241 e. The van der Waals surface area contributed by atoms with Crippen molar-refractivity contribution in [2.75, 3.05) is 6.61 Å². The van der Waals surface area contributed by atoms with Crippen molar-refractivity contribution in [2.45, 2.75) is 13.8 Å². The molecule has 0 radical (unpaired) electrons. The molecule has 0 bridgehead atoms. The topological polar surface area (TPSA) is 39.4 Å². The summed E-state index contributed by atoms with van der Waals surface area (Å²) >= 11 is 0. The van der Waals surface area contributed by atoms with Crippen LogP contribution in [0.25, 0.3) is 5.52 Å². The highest BCUT2D eigenvalue weighted by atomic mass is 16.5. The van der Waals surface area contributed by atoms with Gasteiger partial charge < -0.3 is 4.74 Å². The zero-order valence-corrected chi connectivity index (χ0v) is 8.69. The van der Waals surface area contributed by atoms with E-state index < -0.39 is 0 Å². The van der Waals surface area contributed by atoms with E-state index in [4.69, 9.17) is 4.74 Å². The first-order chi connectivity index (χ1) is 7.31. The number of nitrogens with zero attached hydrogens (tertiary/aromatic N) is 3. The number of rotatable bonds is 2. The van der Waals surface area contributed by atoms with Gasteiger partial charge in [0.05, 0.1) is 5.69 Å². The van der Waals surface area contributed by atoms with E-state index in [2.05, 4.69) is 21.9 Å². The molecule has 0 aliphatic carbocycles. The first-order valence-electron chi connectivity index (χ1n) is 4.64. The van der Waals surface area contributed by atoms with Gasteiger partial charge in [0, 0.05) is 12.4 Å². The largest absolute Gasteiger partial charge is 0.463 e. The molecule has 0 saturated heterocycles. The third-order valence-electron chi connectivity index (χ3n) is 1.93. The van der Waals surface area contributed by atoms with Crippen molar-refractivity contribution in [2.24, 2.45) is 0 Å². The first-order valence-corrected chi connectivity index (χ1v) is 4.64. The predicted octanol–water partition coefficient (Wildman–Crippen LogP) is 1.44. The Morgan fingerprint density at radius 3 is 3.20 bits per heavy atom. The highest BCUT2D eigenvalue weighted by molar-refractivity contribution is 5.56. The molecule has 4 nitrogen and oxygen atoms in total. The van der Waals surface area contributed by atoms with Gasteiger partial charge in [0.2, 0.25) is 5.88 Å². The fourth-order valence-corrected chi connectivity index (χ4v) is 1.31. The Morgan fingerprint density at radius 2 is 2.40 bits per heavy atom. The Morgan fingerprint density at radius 1 is 1.53 bits per heavy atom. The van der Waals surface area contributed by atoms with Crippen LogP contribution in [-0.4, -0.2) is 21.2 Å². The van der Waals surface area contributed by atoms with Gasteiger partial charge in [0.25, 0.3) is 0 Å². The summed E-state index contributed by atoms with van der Waals surface area (Å²) < 4.78 is 7.17. The average Bonchev–Trinajstić information content (AvgIpc) is 2.59. The van der Waals surface area contributed by atoms with Gasteiger partial charge in [-0.2, -0.15) is 5.10 Å². The van der Waals surface area contributed by atoms with Crippen molar-refractivity contribution in [3.63, 3.8) is 0 Å². The number of aryl methyl sites for hydroxylation is 1.